The van der Waals surface area contributed by atoms with Crippen molar-refractivity contribution >= 4 is 61.9 Å². The highest BCUT2D eigenvalue weighted by molar-refractivity contribution is 7.22. The number of non-ortho nitro benzene ring substituents is 1. The summed E-state index contributed by atoms with van der Waals surface area (Å²) in [6, 6.07) is 12.1. The molecule has 1 fully saturated rings. The van der Waals surface area contributed by atoms with Crippen molar-refractivity contribution in [2.75, 3.05) is 36.4 Å². The van der Waals surface area contributed by atoms with Gasteiger partial charge in [-0.1, -0.05) is 44.5 Å². The number of anilines is 2. The van der Waals surface area contributed by atoms with Crippen molar-refractivity contribution in [2.45, 2.75) is 20.8 Å². The largest absolute Gasteiger partial charge is 0.368 e. The average molecular weight is 501 g/mol. The van der Waals surface area contributed by atoms with Gasteiger partial charge in [-0.05, 0) is 24.3 Å². The molecule has 0 bridgehead atoms. The fourth-order valence-electron chi connectivity index (χ4n) is 3.95. The standard InChI is InChI=1S/C24H25ClN4O4S/c1-24(2,3)23(31)28-13-11-27(12-14-28)16-9-7-15(8-10-16)26-22(30)21-19(25)17-5-4-6-18(29(32)33)20(17)34-21/h4-10H,11-14H2,1-3H3,(H,26,30). The van der Waals surface area contributed by atoms with Crippen LogP contribution in [0.15, 0.2) is 42.5 Å². The normalized spacial score (nSPS) is 14.4. The molecule has 0 spiro atoms. The second kappa shape index (κ2) is 9.23. The van der Waals surface area contributed by atoms with Crippen LogP contribution in [0, 0.1) is 15.5 Å². The molecule has 0 saturated carbocycles. The maximum Gasteiger partial charge on any atom is 0.287 e. The molecule has 0 aliphatic carbocycles. The molecule has 2 aromatic carbocycles. The van der Waals surface area contributed by atoms with E-state index in [9.17, 15) is 19.7 Å². The van der Waals surface area contributed by atoms with E-state index in [-0.39, 0.29) is 26.9 Å². The molecular weight excluding hydrogens is 476 g/mol. The van der Waals surface area contributed by atoms with Gasteiger partial charge in [-0.25, -0.2) is 0 Å². The summed E-state index contributed by atoms with van der Waals surface area (Å²) in [6.07, 6.45) is 0. The molecule has 34 heavy (non-hydrogen) atoms. The lowest BCUT2D eigenvalue weighted by Gasteiger charge is -2.38. The Morgan fingerprint density at radius 3 is 2.29 bits per heavy atom. The van der Waals surface area contributed by atoms with Gasteiger partial charge in [0, 0.05) is 54.4 Å². The summed E-state index contributed by atoms with van der Waals surface area (Å²) in [5.74, 6) is -0.252. The minimum absolute atomic E-state index is 0.0721. The van der Waals surface area contributed by atoms with Gasteiger partial charge in [0.15, 0.2) is 0 Å². The van der Waals surface area contributed by atoms with Crippen molar-refractivity contribution in [3.63, 3.8) is 0 Å². The molecule has 10 heteroatoms. The fraction of sp³-hybridized carbons (Fsp3) is 0.333. The van der Waals surface area contributed by atoms with Gasteiger partial charge in [-0.15, -0.1) is 11.3 Å². The highest BCUT2D eigenvalue weighted by atomic mass is 35.5. The number of carbonyl (C=O) groups is 2. The fourth-order valence-corrected chi connectivity index (χ4v) is 5.44. The molecule has 8 nitrogen and oxygen atoms in total. The first-order valence-corrected chi connectivity index (χ1v) is 12.1. The van der Waals surface area contributed by atoms with Crippen molar-refractivity contribution in [1.29, 1.82) is 0 Å². The number of carbonyl (C=O) groups excluding carboxylic acids is 2. The van der Waals surface area contributed by atoms with Crippen molar-refractivity contribution < 1.29 is 14.5 Å². The molecule has 1 aromatic heterocycles. The summed E-state index contributed by atoms with van der Waals surface area (Å²) in [7, 11) is 0. The first-order chi connectivity index (χ1) is 16.1. The molecule has 0 radical (unpaired) electrons. The van der Waals surface area contributed by atoms with Crippen molar-refractivity contribution in [1.82, 2.24) is 4.90 Å². The van der Waals surface area contributed by atoms with Gasteiger partial charge in [-0.2, -0.15) is 0 Å². The van der Waals surface area contributed by atoms with Crippen LogP contribution in [-0.4, -0.2) is 47.8 Å². The number of rotatable bonds is 4. The van der Waals surface area contributed by atoms with E-state index in [2.05, 4.69) is 10.2 Å². The molecule has 178 valence electrons. The van der Waals surface area contributed by atoms with Crippen molar-refractivity contribution in [2.24, 2.45) is 5.41 Å². The maximum atomic E-state index is 12.9. The van der Waals surface area contributed by atoms with Crippen LogP contribution in [0.25, 0.3) is 10.1 Å². The second-order valence-corrected chi connectivity index (χ2v) is 10.6. The van der Waals surface area contributed by atoms with E-state index in [1.54, 1.807) is 12.1 Å². The molecule has 1 aliphatic rings. The highest BCUT2D eigenvalue weighted by Crippen LogP contribution is 2.40. The Bertz CT molecular complexity index is 1260. The van der Waals surface area contributed by atoms with Gasteiger partial charge in [-0.3, -0.25) is 19.7 Å². The summed E-state index contributed by atoms with van der Waals surface area (Å²) in [6.45, 7) is 8.62. The topological polar surface area (TPSA) is 95.8 Å². The van der Waals surface area contributed by atoms with Crippen LogP contribution in [0.1, 0.15) is 30.4 Å². The first kappa shape index (κ1) is 24.0. The summed E-state index contributed by atoms with van der Waals surface area (Å²) < 4.78 is 0.377. The number of nitrogens with zero attached hydrogens (tertiary/aromatic N) is 3. The lowest BCUT2D eigenvalue weighted by molar-refractivity contribution is -0.382. The van der Waals surface area contributed by atoms with Crippen LogP contribution in [-0.2, 0) is 4.79 Å². The number of nitro benzene ring substituents is 1. The van der Waals surface area contributed by atoms with Crippen molar-refractivity contribution in [3.05, 3.63) is 62.5 Å². The van der Waals surface area contributed by atoms with E-state index in [1.807, 2.05) is 49.9 Å². The number of amides is 2. The van der Waals surface area contributed by atoms with E-state index in [0.717, 1.165) is 30.1 Å². The summed E-state index contributed by atoms with van der Waals surface area (Å²) in [5.41, 5.74) is 1.15. The summed E-state index contributed by atoms with van der Waals surface area (Å²) in [5, 5.41) is 14.8. The Morgan fingerprint density at radius 1 is 1.06 bits per heavy atom. The number of fused-ring (bicyclic) bond motifs is 1. The van der Waals surface area contributed by atoms with Gasteiger partial charge in [0.1, 0.15) is 9.58 Å². The Morgan fingerprint density at radius 2 is 1.71 bits per heavy atom. The highest BCUT2D eigenvalue weighted by Gasteiger charge is 2.29. The zero-order valence-corrected chi connectivity index (χ0v) is 20.7. The van der Waals surface area contributed by atoms with Gasteiger partial charge >= 0.3 is 0 Å². The molecular formula is C24H25ClN4O4S. The molecule has 1 N–H and O–H groups in total. The molecule has 3 aromatic rings. The molecule has 2 amide bonds. The molecule has 1 saturated heterocycles. The van der Waals surface area contributed by atoms with Gasteiger partial charge in [0.05, 0.1) is 9.95 Å². The van der Waals surface area contributed by atoms with E-state index >= 15 is 0 Å². The predicted molar refractivity (Wildman–Crippen MR) is 136 cm³/mol. The third kappa shape index (κ3) is 4.71. The van der Waals surface area contributed by atoms with E-state index in [4.69, 9.17) is 11.6 Å². The first-order valence-electron chi connectivity index (χ1n) is 10.9. The third-order valence-corrected chi connectivity index (χ3v) is 7.47. The van der Waals surface area contributed by atoms with Crippen LogP contribution >= 0.6 is 22.9 Å². The van der Waals surface area contributed by atoms with Crippen LogP contribution in [0.4, 0.5) is 17.1 Å². The van der Waals surface area contributed by atoms with Gasteiger partial charge in [0.2, 0.25) is 5.91 Å². The number of piperazine rings is 1. The number of halogens is 1. The predicted octanol–water partition coefficient (Wildman–Crippen LogP) is 5.41. The van der Waals surface area contributed by atoms with E-state index < -0.39 is 10.8 Å². The Labute approximate surface area is 206 Å². The lowest BCUT2D eigenvalue weighted by atomic mass is 9.94. The average Bonchev–Trinajstić information content (AvgIpc) is 3.15. The molecule has 2 heterocycles. The number of thiophene rings is 1. The van der Waals surface area contributed by atoms with Crippen molar-refractivity contribution in [3.8, 4) is 0 Å². The molecule has 1 aliphatic heterocycles. The quantitative estimate of drug-likeness (QED) is 0.381. The van der Waals surface area contributed by atoms with E-state index in [0.29, 0.717) is 28.9 Å². The number of benzene rings is 2. The number of nitrogens with one attached hydrogen (secondary N) is 1. The molecule has 4 rings (SSSR count). The van der Waals surface area contributed by atoms with Crippen LogP contribution in [0.3, 0.4) is 0 Å². The molecule has 0 atom stereocenters. The Balaban J connectivity index is 1.43. The Kier molecular flexibility index (Phi) is 6.51. The summed E-state index contributed by atoms with van der Waals surface area (Å²) in [4.78, 5) is 40.5. The maximum absolute atomic E-state index is 12.9. The second-order valence-electron chi connectivity index (χ2n) is 9.19. The number of nitro groups is 1. The number of hydrogen-bond donors (Lipinski definition) is 1. The molecule has 0 unspecified atom stereocenters. The van der Waals surface area contributed by atoms with Crippen LogP contribution < -0.4 is 10.2 Å². The Hall–Kier alpha value is -3.17. The zero-order chi connectivity index (χ0) is 24.6. The SMILES string of the molecule is CC(C)(C)C(=O)N1CCN(c2ccc(NC(=O)c3sc4c([N+](=O)[O-])cccc4c3Cl)cc2)CC1. The van der Waals surface area contributed by atoms with E-state index in [1.165, 1.54) is 6.07 Å². The number of hydrogen-bond acceptors (Lipinski definition) is 6. The van der Waals surface area contributed by atoms with Crippen LogP contribution in [0.5, 0.6) is 0 Å². The minimum Gasteiger partial charge on any atom is -0.368 e. The zero-order valence-electron chi connectivity index (χ0n) is 19.1. The minimum atomic E-state index is -0.478. The van der Waals surface area contributed by atoms with Gasteiger partial charge < -0.3 is 15.1 Å². The smallest absolute Gasteiger partial charge is 0.287 e. The monoisotopic (exact) mass is 500 g/mol. The third-order valence-electron chi connectivity index (χ3n) is 5.74. The lowest BCUT2D eigenvalue weighted by Crippen LogP contribution is -2.51. The van der Waals surface area contributed by atoms with Crippen LogP contribution in [0.2, 0.25) is 5.02 Å². The summed E-state index contributed by atoms with van der Waals surface area (Å²) >= 11 is 7.39. The van der Waals surface area contributed by atoms with Gasteiger partial charge in [0.25, 0.3) is 11.6 Å².